The predicted octanol–water partition coefficient (Wildman–Crippen LogP) is 5.87. The molecular weight excluding hydrogens is 821 g/mol. The summed E-state index contributed by atoms with van der Waals surface area (Å²) in [5, 5.41) is 9.41. The second-order valence-corrected chi connectivity index (χ2v) is 16.6. The Kier molecular flexibility index (Phi) is 16.4. The third kappa shape index (κ3) is 13.2. The molecule has 0 bridgehead atoms. The van der Waals surface area contributed by atoms with Crippen molar-refractivity contribution in [2.45, 2.75) is 34.6 Å². The number of anilines is 5. The number of nitrogens with zero attached hydrogens (tertiary/aromatic N) is 5. The fourth-order valence-corrected chi connectivity index (χ4v) is 7.12. The van der Waals surface area contributed by atoms with Crippen LogP contribution in [0.1, 0.15) is 34.6 Å². The third-order valence-corrected chi connectivity index (χ3v) is 11.1. The van der Waals surface area contributed by atoms with Crippen LogP contribution in [0.3, 0.4) is 0 Å². The third-order valence-electron chi connectivity index (χ3n) is 11.1. The minimum Gasteiger partial charge on any atom is -0.285 e. The highest BCUT2D eigenvalue weighted by Crippen LogP contribution is 2.21. The van der Waals surface area contributed by atoms with Gasteiger partial charge < -0.3 is 0 Å². The molecule has 10 rings (SSSR count). The first-order valence-electron chi connectivity index (χ1n) is 22.0. The van der Waals surface area contributed by atoms with Gasteiger partial charge in [-0.25, -0.2) is 0 Å². The Labute approximate surface area is 381 Å². The van der Waals surface area contributed by atoms with Gasteiger partial charge in [-0.05, 0) is 60.7 Å². The molecule has 5 aromatic rings. The highest BCUT2D eigenvalue weighted by molar-refractivity contribution is 5.86. The van der Waals surface area contributed by atoms with Crippen molar-refractivity contribution in [3.8, 4) is 0 Å². The summed E-state index contributed by atoms with van der Waals surface area (Å²) in [7, 11) is 0. The highest BCUT2D eigenvalue weighted by atomic mass is 16.2. The summed E-state index contributed by atoms with van der Waals surface area (Å²) >= 11 is 0. The van der Waals surface area contributed by atoms with Gasteiger partial charge in [0, 0.05) is 0 Å². The molecule has 65 heavy (non-hydrogen) atoms. The predicted molar refractivity (Wildman–Crippen MR) is 255 cm³/mol. The Bertz CT molecular complexity index is 1930. The van der Waals surface area contributed by atoms with Crippen LogP contribution < -0.4 is 52.2 Å². The summed E-state index contributed by atoms with van der Waals surface area (Å²) in [4.78, 5) is 56.0. The first kappa shape index (κ1) is 46.9. The average Bonchev–Trinajstić information content (AvgIpc) is 4.15. The number of benzene rings is 5. The van der Waals surface area contributed by atoms with E-state index in [1.807, 2.05) is 211 Å². The molecule has 340 valence electrons. The molecule has 5 N–H and O–H groups in total. The largest absolute Gasteiger partial charge is 0.285 e. The summed E-state index contributed by atoms with van der Waals surface area (Å²) in [5.74, 6) is 0.922. The van der Waals surface area contributed by atoms with Gasteiger partial charge in [-0.15, -0.1) is 0 Å². The van der Waals surface area contributed by atoms with Crippen molar-refractivity contribution in [3.05, 3.63) is 152 Å². The first-order valence-corrected chi connectivity index (χ1v) is 22.0. The lowest BCUT2D eigenvalue weighted by Gasteiger charge is -2.16. The van der Waals surface area contributed by atoms with Crippen LogP contribution in [-0.4, -0.2) is 62.3 Å². The molecule has 5 saturated heterocycles. The lowest BCUT2D eigenvalue weighted by molar-refractivity contribution is -0.122. The number of hydrazine groups is 5. The number of rotatable bonds is 5. The Morgan fingerprint density at radius 1 is 0.277 bits per heavy atom. The van der Waals surface area contributed by atoms with Crippen molar-refractivity contribution in [3.63, 3.8) is 0 Å². The molecule has 5 heterocycles. The van der Waals surface area contributed by atoms with Gasteiger partial charge in [-0.3, -0.25) is 76.1 Å². The maximum atomic E-state index is 11.2. The smallest absolute Gasteiger partial charge is 0.243 e. The van der Waals surface area contributed by atoms with Gasteiger partial charge in [0.15, 0.2) is 0 Å². The van der Waals surface area contributed by atoms with E-state index >= 15 is 0 Å². The van der Waals surface area contributed by atoms with Crippen molar-refractivity contribution in [1.29, 1.82) is 0 Å². The quantitative estimate of drug-likeness (QED) is 0.145. The van der Waals surface area contributed by atoms with Crippen molar-refractivity contribution in [2.75, 3.05) is 57.8 Å². The normalized spacial score (nSPS) is 21.8. The van der Waals surface area contributed by atoms with Gasteiger partial charge in [0.1, 0.15) is 0 Å². The molecule has 5 unspecified atom stereocenters. The summed E-state index contributed by atoms with van der Waals surface area (Å²) in [6, 6.07) is 49.3. The van der Waals surface area contributed by atoms with Crippen LogP contribution in [0, 0.1) is 29.6 Å². The van der Waals surface area contributed by atoms with Gasteiger partial charge in [0.25, 0.3) is 0 Å². The Morgan fingerprint density at radius 3 is 0.523 bits per heavy atom. The summed E-state index contributed by atoms with van der Waals surface area (Å²) < 4.78 is 0. The lowest BCUT2D eigenvalue weighted by atomic mass is 10.2. The van der Waals surface area contributed by atoms with Crippen LogP contribution in [0.5, 0.6) is 0 Å². The van der Waals surface area contributed by atoms with Gasteiger partial charge in [0.05, 0.1) is 90.8 Å². The SMILES string of the molecule is CC1CN(c2ccccc2)NC1=O.CC1CN(c2ccccc2)NC1=O.CC1CN(c2ccccc2)NC1=O.CC1CN(c2ccccc2)NC1=O.CC1CN(c2ccccc2)NC1=O. The van der Waals surface area contributed by atoms with E-state index in [0.29, 0.717) is 0 Å². The highest BCUT2D eigenvalue weighted by Gasteiger charge is 2.29. The molecule has 15 nitrogen and oxygen atoms in total. The van der Waals surface area contributed by atoms with Crippen LogP contribution in [0.25, 0.3) is 0 Å². The molecule has 5 aliphatic rings. The Balaban J connectivity index is 0.000000135. The molecule has 5 aromatic carbocycles. The van der Waals surface area contributed by atoms with E-state index in [1.165, 1.54) is 0 Å². The van der Waals surface area contributed by atoms with Gasteiger partial charge in [-0.1, -0.05) is 126 Å². The molecule has 5 amide bonds. The number of hydrogen-bond acceptors (Lipinski definition) is 10. The van der Waals surface area contributed by atoms with Crippen LogP contribution in [0.4, 0.5) is 28.4 Å². The number of amides is 5. The van der Waals surface area contributed by atoms with Crippen molar-refractivity contribution in [2.24, 2.45) is 29.6 Å². The van der Waals surface area contributed by atoms with Crippen LogP contribution in [0.15, 0.2) is 152 Å². The molecular formula is C50H60N10O5. The van der Waals surface area contributed by atoms with Crippen molar-refractivity contribution >= 4 is 58.0 Å². The molecule has 0 saturated carbocycles. The second kappa shape index (κ2) is 22.7. The second-order valence-electron chi connectivity index (χ2n) is 16.6. The lowest BCUT2D eigenvalue weighted by Crippen LogP contribution is -2.32. The van der Waals surface area contributed by atoms with E-state index in [2.05, 4.69) is 27.1 Å². The fraction of sp³-hybridized carbons (Fsp3) is 0.300. The number of para-hydroxylation sites is 5. The zero-order valence-electron chi connectivity index (χ0n) is 37.6. The number of carbonyl (C=O) groups is 5. The zero-order chi connectivity index (χ0) is 46.3. The maximum absolute atomic E-state index is 11.2. The summed E-state index contributed by atoms with van der Waals surface area (Å²) in [6.07, 6.45) is 0. The van der Waals surface area contributed by atoms with E-state index in [4.69, 9.17) is 0 Å². The average molecular weight is 881 g/mol. The van der Waals surface area contributed by atoms with E-state index in [1.54, 1.807) is 0 Å². The van der Waals surface area contributed by atoms with Crippen molar-refractivity contribution in [1.82, 2.24) is 27.1 Å². The minimum atomic E-state index is 0.0835. The molecule has 0 aromatic heterocycles. The maximum Gasteiger partial charge on any atom is 0.243 e. The van der Waals surface area contributed by atoms with Crippen LogP contribution >= 0.6 is 0 Å². The van der Waals surface area contributed by atoms with E-state index < -0.39 is 0 Å². The van der Waals surface area contributed by atoms with E-state index in [0.717, 1.165) is 61.2 Å². The van der Waals surface area contributed by atoms with E-state index in [-0.39, 0.29) is 59.1 Å². The minimum absolute atomic E-state index is 0.0835. The number of hydrogen-bond donors (Lipinski definition) is 5. The molecule has 5 aliphatic heterocycles. The summed E-state index contributed by atoms with van der Waals surface area (Å²) in [5.41, 5.74) is 19.3. The molecule has 0 radical (unpaired) electrons. The monoisotopic (exact) mass is 880 g/mol. The zero-order valence-corrected chi connectivity index (χ0v) is 37.6. The van der Waals surface area contributed by atoms with Crippen LogP contribution in [0.2, 0.25) is 0 Å². The van der Waals surface area contributed by atoms with E-state index in [9.17, 15) is 24.0 Å². The molecule has 0 spiro atoms. The topological polar surface area (TPSA) is 162 Å². The molecule has 5 atom stereocenters. The Morgan fingerprint density at radius 2 is 0.415 bits per heavy atom. The van der Waals surface area contributed by atoms with Gasteiger partial charge >= 0.3 is 0 Å². The molecule has 5 fully saturated rings. The standard InChI is InChI=1S/5C10H12N2O/c5*1-8-7-12(11-10(8)13)9-5-3-2-4-6-9/h5*2-6,8H,7H2,1H3,(H,11,13). The molecule has 15 heteroatoms. The van der Waals surface area contributed by atoms with Gasteiger partial charge in [-0.2, -0.15) is 0 Å². The fourth-order valence-electron chi connectivity index (χ4n) is 7.12. The number of carbonyl (C=O) groups excluding carboxylic acids is 5. The van der Waals surface area contributed by atoms with Crippen LogP contribution in [-0.2, 0) is 24.0 Å². The molecule has 0 aliphatic carbocycles. The van der Waals surface area contributed by atoms with Crippen molar-refractivity contribution < 1.29 is 24.0 Å². The summed E-state index contributed by atoms with van der Waals surface area (Å²) in [6.45, 7) is 13.4. The van der Waals surface area contributed by atoms with Gasteiger partial charge in [0.2, 0.25) is 29.5 Å². The Hall–Kier alpha value is -7.55. The first-order chi connectivity index (χ1) is 31.4. The number of nitrogens with one attached hydrogen (secondary N) is 5.